The lowest BCUT2D eigenvalue weighted by Crippen LogP contribution is -2.40. The molecule has 8 nitrogen and oxygen atoms in total. The Hall–Kier alpha value is -2.44. The van der Waals surface area contributed by atoms with Crippen molar-refractivity contribution in [1.29, 1.82) is 0 Å². The van der Waals surface area contributed by atoms with E-state index in [-0.39, 0.29) is 0 Å². The Balaban J connectivity index is 0.000000161. The highest BCUT2D eigenvalue weighted by atomic mass is 16.5. The first kappa shape index (κ1) is 20.3. The van der Waals surface area contributed by atoms with Gasteiger partial charge < -0.3 is 29.2 Å². The van der Waals surface area contributed by atoms with Crippen molar-refractivity contribution in [2.75, 3.05) is 39.5 Å². The van der Waals surface area contributed by atoms with Crippen LogP contribution >= 0.6 is 0 Å². The molecule has 2 aliphatic heterocycles. The first-order valence-electron chi connectivity index (χ1n) is 9.49. The number of hydrogen-bond acceptors (Lipinski definition) is 8. The number of rotatable bonds is 4. The summed E-state index contributed by atoms with van der Waals surface area (Å²) in [6.07, 6.45) is 8.98. The van der Waals surface area contributed by atoms with Crippen molar-refractivity contribution in [3.63, 3.8) is 0 Å². The number of hydrogen-bond donors (Lipinski definition) is 2. The lowest BCUT2D eigenvalue weighted by atomic mass is 10.2. The Bertz CT molecular complexity index is 722. The van der Waals surface area contributed by atoms with Gasteiger partial charge in [-0.15, -0.1) is 0 Å². The third-order valence-electron chi connectivity index (χ3n) is 4.16. The largest absolute Gasteiger partial charge is 0.379 e. The quantitative estimate of drug-likeness (QED) is 0.763. The van der Waals surface area contributed by atoms with Crippen LogP contribution < -0.4 is 10.6 Å². The van der Waals surface area contributed by atoms with Crippen LogP contribution in [-0.2, 0) is 9.47 Å². The van der Waals surface area contributed by atoms with Crippen LogP contribution in [0.5, 0.6) is 0 Å². The van der Waals surface area contributed by atoms with E-state index in [1.165, 1.54) is 0 Å². The van der Waals surface area contributed by atoms with Gasteiger partial charge in [-0.2, -0.15) is 0 Å². The molecule has 0 bridgehead atoms. The molecular formula is C20H26N4O4. The van der Waals surface area contributed by atoms with Crippen molar-refractivity contribution in [2.45, 2.75) is 24.9 Å². The van der Waals surface area contributed by atoms with E-state index >= 15 is 0 Å². The zero-order valence-electron chi connectivity index (χ0n) is 15.8. The Morgan fingerprint density at radius 2 is 1.75 bits per heavy atom. The van der Waals surface area contributed by atoms with E-state index in [9.17, 15) is 0 Å². The Labute approximate surface area is 164 Å². The first-order chi connectivity index (χ1) is 13.9. The second-order valence-corrected chi connectivity index (χ2v) is 6.39. The fraction of sp³-hybridized carbons (Fsp3) is 0.500. The van der Waals surface area contributed by atoms with Crippen LogP contribution in [-0.4, -0.2) is 61.9 Å². The fourth-order valence-electron chi connectivity index (χ4n) is 2.72. The molecule has 2 fully saturated rings. The lowest BCUT2D eigenvalue weighted by molar-refractivity contribution is 0.0778. The molecule has 150 valence electrons. The zero-order chi connectivity index (χ0) is 19.3. The van der Waals surface area contributed by atoms with Gasteiger partial charge in [-0.25, -0.2) is 0 Å². The predicted octanol–water partition coefficient (Wildman–Crippen LogP) is 1.47. The maximum atomic E-state index is 5.34. The smallest absolute Gasteiger partial charge is 0.209 e. The van der Waals surface area contributed by atoms with Crippen LogP contribution in [0.4, 0.5) is 0 Å². The van der Waals surface area contributed by atoms with Crippen LogP contribution in [0.3, 0.4) is 0 Å². The van der Waals surface area contributed by atoms with Gasteiger partial charge in [0.05, 0.1) is 38.8 Å². The van der Waals surface area contributed by atoms with E-state index in [4.69, 9.17) is 18.5 Å². The van der Waals surface area contributed by atoms with E-state index in [0.29, 0.717) is 17.8 Å². The minimum absolute atomic E-state index is 0.346. The number of aromatic nitrogens is 2. The zero-order valence-corrected chi connectivity index (χ0v) is 15.8. The summed E-state index contributed by atoms with van der Waals surface area (Å²) in [4.78, 5) is 0. The summed E-state index contributed by atoms with van der Waals surface area (Å²) in [5.74, 6) is 7.33. The average Bonchev–Trinajstić information content (AvgIpc) is 3.45. The van der Waals surface area contributed by atoms with Crippen LogP contribution in [0.15, 0.2) is 39.6 Å². The molecule has 8 heteroatoms. The average molecular weight is 386 g/mol. The van der Waals surface area contributed by atoms with Gasteiger partial charge in [0.1, 0.15) is 0 Å². The summed E-state index contributed by atoms with van der Waals surface area (Å²) in [5, 5.41) is 13.9. The van der Waals surface area contributed by atoms with E-state index < -0.39 is 0 Å². The summed E-state index contributed by atoms with van der Waals surface area (Å²) in [7, 11) is 0. The molecule has 0 spiro atoms. The van der Waals surface area contributed by atoms with Crippen LogP contribution in [0.2, 0.25) is 0 Å². The highest BCUT2D eigenvalue weighted by molar-refractivity contribution is 5.41. The molecule has 0 radical (unpaired) electrons. The molecule has 2 unspecified atom stereocenters. The Kier molecular flexibility index (Phi) is 8.77. The molecule has 4 heterocycles. The Morgan fingerprint density at radius 3 is 2.39 bits per heavy atom. The molecule has 28 heavy (non-hydrogen) atoms. The van der Waals surface area contributed by atoms with E-state index in [1.54, 1.807) is 18.5 Å². The van der Waals surface area contributed by atoms with Gasteiger partial charge in [0.2, 0.25) is 5.76 Å². The molecule has 2 aromatic heterocycles. The molecule has 2 saturated heterocycles. The van der Waals surface area contributed by atoms with Crippen molar-refractivity contribution in [3.8, 4) is 11.8 Å². The Morgan fingerprint density at radius 1 is 1.00 bits per heavy atom. The summed E-state index contributed by atoms with van der Waals surface area (Å²) in [5.41, 5.74) is 0. The summed E-state index contributed by atoms with van der Waals surface area (Å²) in [6, 6.07) is 4.36. The minimum Gasteiger partial charge on any atom is -0.379 e. The summed E-state index contributed by atoms with van der Waals surface area (Å²) in [6.45, 7) is 5.01. The molecule has 2 aromatic rings. The topological polar surface area (TPSA) is 94.6 Å². The number of nitrogens with one attached hydrogen (secondary N) is 2. The van der Waals surface area contributed by atoms with Gasteiger partial charge in [0.25, 0.3) is 0 Å². The second kappa shape index (κ2) is 12.1. The molecule has 0 amide bonds. The van der Waals surface area contributed by atoms with Gasteiger partial charge in [-0.05, 0) is 18.4 Å². The molecular weight excluding hydrogens is 360 g/mol. The predicted molar refractivity (Wildman–Crippen MR) is 103 cm³/mol. The number of ether oxygens (including phenoxy) is 2. The van der Waals surface area contributed by atoms with E-state index in [1.807, 2.05) is 12.1 Å². The number of nitrogens with zero attached hydrogens (tertiary/aromatic N) is 2. The highest BCUT2D eigenvalue weighted by Gasteiger charge is 2.11. The molecule has 2 aliphatic rings. The van der Waals surface area contributed by atoms with Crippen molar-refractivity contribution < 1.29 is 18.5 Å². The minimum atomic E-state index is 0.346. The number of morpholine rings is 2. The van der Waals surface area contributed by atoms with Crippen molar-refractivity contribution in [1.82, 2.24) is 20.9 Å². The molecule has 0 aliphatic carbocycles. The SMILES string of the molecule is C(#Cc1ccno1)CC1COCCN1.C(=Cc1ccno1)CC1COCCN1. The summed E-state index contributed by atoms with van der Waals surface area (Å²) < 4.78 is 20.4. The molecule has 0 aromatic carbocycles. The van der Waals surface area contributed by atoms with Gasteiger partial charge >= 0.3 is 0 Å². The van der Waals surface area contributed by atoms with Crippen LogP contribution in [0.1, 0.15) is 24.4 Å². The highest BCUT2D eigenvalue weighted by Crippen LogP contribution is 2.04. The van der Waals surface area contributed by atoms with Gasteiger partial charge in [-0.1, -0.05) is 22.3 Å². The van der Waals surface area contributed by atoms with Crippen LogP contribution in [0, 0.1) is 11.8 Å². The maximum absolute atomic E-state index is 5.34. The van der Waals surface area contributed by atoms with Crippen molar-refractivity contribution in [2.24, 2.45) is 0 Å². The second-order valence-electron chi connectivity index (χ2n) is 6.39. The lowest BCUT2D eigenvalue weighted by Gasteiger charge is -2.22. The van der Waals surface area contributed by atoms with Gasteiger partial charge in [0.15, 0.2) is 5.76 Å². The van der Waals surface area contributed by atoms with E-state index in [2.05, 4.69) is 38.9 Å². The van der Waals surface area contributed by atoms with Gasteiger partial charge in [0, 0.05) is 43.7 Å². The standard InChI is InChI=1S/C10H14N2O2.C10H12N2O2/c2*1(3-10-4-5-12-14-10)2-9-8-13-7-6-11-9/h1,3-5,9,11H,2,6-8H2;4-5,9,11H,2,6-8H2. The normalized spacial score (nSPS) is 22.1. The summed E-state index contributed by atoms with van der Waals surface area (Å²) >= 11 is 0. The fourth-order valence-corrected chi connectivity index (χ4v) is 2.72. The maximum Gasteiger partial charge on any atom is 0.209 e. The van der Waals surface area contributed by atoms with Crippen molar-refractivity contribution in [3.05, 3.63) is 42.1 Å². The molecule has 2 N–H and O–H groups in total. The molecule has 2 atom stereocenters. The molecule has 4 rings (SSSR count). The van der Waals surface area contributed by atoms with E-state index in [0.717, 1.165) is 58.1 Å². The van der Waals surface area contributed by atoms with Crippen LogP contribution in [0.25, 0.3) is 6.08 Å². The third-order valence-corrected chi connectivity index (χ3v) is 4.16. The third kappa shape index (κ3) is 7.66. The molecule has 0 saturated carbocycles. The monoisotopic (exact) mass is 386 g/mol. The van der Waals surface area contributed by atoms with Crippen molar-refractivity contribution >= 4 is 6.08 Å². The first-order valence-corrected chi connectivity index (χ1v) is 9.49. The van der Waals surface area contributed by atoms with Gasteiger partial charge in [-0.3, -0.25) is 0 Å².